The summed E-state index contributed by atoms with van der Waals surface area (Å²) in [4.78, 5) is 42.4. The fourth-order valence-electron chi connectivity index (χ4n) is 5.99. The Labute approximate surface area is 180 Å². The summed E-state index contributed by atoms with van der Waals surface area (Å²) in [6.45, 7) is 3.66. The molecule has 31 heavy (non-hydrogen) atoms. The Balaban J connectivity index is 1.19. The van der Waals surface area contributed by atoms with Crippen molar-refractivity contribution in [3.8, 4) is 0 Å². The third-order valence-corrected chi connectivity index (χ3v) is 7.63. The van der Waals surface area contributed by atoms with Crippen LogP contribution in [0.2, 0.25) is 0 Å². The second kappa shape index (κ2) is 7.89. The summed E-state index contributed by atoms with van der Waals surface area (Å²) in [6, 6.07) is 2.41. The van der Waals surface area contributed by atoms with E-state index in [1.165, 1.54) is 31.4 Å². The third-order valence-electron chi connectivity index (χ3n) is 7.63. The lowest BCUT2D eigenvalue weighted by atomic mass is 10.0. The van der Waals surface area contributed by atoms with Gasteiger partial charge in [-0.2, -0.15) is 0 Å². The van der Waals surface area contributed by atoms with Gasteiger partial charge in [0.2, 0.25) is 11.8 Å². The molecule has 1 saturated carbocycles. The summed E-state index contributed by atoms with van der Waals surface area (Å²) in [5.41, 5.74) is 0.666. The van der Waals surface area contributed by atoms with E-state index in [0.29, 0.717) is 55.6 Å². The van der Waals surface area contributed by atoms with Crippen LogP contribution < -0.4 is 4.90 Å². The largest absolute Gasteiger partial charge is 0.478 e. The van der Waals surface area contributed by atoms with E-state index in [1.807, 2.05) is 4.90 Å². The van der Waals surface area contributed by atoms with Crippen LogP contribution >= 0.6 is 0 Å². The summed E-state index contributed by atoms with van der Waals surface area (Å²) in [5, 5.41) is 9.13. The lowest BCUT2D eigenvalue weighted by Crippen LogP contribution is -2.49. The van der Waals surface area contributed by atoms with E-state index < -0.39 is 17.3 Å². The Bertz CT molecular complexity index is 916. The molecule has 2 amide bonds. The number of anilines is 1. The van der Waals surface area contributed by atoms with Crippen molar-refractivity contribution in [2.45, 2.75) is 44.6 Å². The predicted molar refractivity (Wildman–Crippen MR) is 111 cm³/mol. The first-order valence-corrected chi connectivity index (χ1v) is 11.3. The van der Waals surface area contributed by atoms with Crippen LogP contribution in [0, 0.1) is 17.7 Å². The zero-order chi connectivity index (χ0) is 21.7. The molecule has 1 N–H and O–H groups in total. The number of carboxylic acid groups (broad SMARTS) is 1. The zero-order valence-corrected chi connectivity index (χ0v) is 17.6. The van der Waals surface area contributed by atoms with Gasteiger partial charge in [0.05, 0.1) is 24.2 Å². The van der Waals surface area contributed by atoms with Gasteiger partial charge in [0.25, 0.3) is 0 Å². The Morgan fingerprint density at radius 1 is 1.06 bits per heavy atom. The van der Waals surface area contributed by atoms with Crippen molar-refractivity contribution >= 4 is 23.5 Å². The smallest absolute Gasteiger partial charge is 0.338 e. The fourth-order valence-corrected chi connectivity index (χ4v) is 5.99. The van der Waals surface area contributed by atoms with Crippen molar-refractivity contribution in [2.24, 2.45) is 11.8 Å². The molecule has 5 rings (SSSR count). The molecule has 7 nitrogen and oxygen atoms in total. The minimum absolute atomic E-state index is 0.0543. The molecule has 0 spiro atoms. The number of fused-ring (bicyclic) bond motifs is 2. The van der Waals surface area contributed by atoms with Crippen LogP contribution in [-0.2, 0) is 16.0 Å². The Kier molecular flexibility index (Phi) is 5.20. The average molecular weight is 429 g/mol. The highest BCUT2D eigenvalue weighted by Crippen LogP contribution is 2.38. The predicted octanol–water partition coefficient (Wildman–Crippen LogP) is 2.14. The van der Waals surface area contributed by atoms with E-state index >= 15 is 0 Å². The first kappa shape index (κ1) is 20.4. The maximum absolute atomic E-state index is 14.2. The van der Waals surface area contributed by atoms with E-state index in [-0.39, 0.29) is 24.3 Å². The molecule has 166 valence electrons. The molecular weight excluding hydrogens is 401 g/mol. The van der Waals surface area contributed by atoms with Gasteiger partial charge in [-0.15, -0.1) is 0 Å². The van der Waals surface area contributed by atoms with E-state index in [2.05, 4.69) is 4.90 Å². The van der Waals surface area contributed by atoms with Crippen molar-refractivity contribution in [1.29, 1.82) is 0 Å². The Hall–Kier alpha value is -2.48. The highest BCUT2D eigenvalue weighted by Gasteiger charge is 2.39. The zero-order valence-electron chi connectivity index (χ0n) is 17.6. The molecule has 3 aliphatic heterocycles. The number of aromatic carboxylic acids is 1. The number of halogens is 1. The quantitative estimate of drug-likeness (QED) is 0.793. The number of piperidine rings is 1. The minimum atomic E-state index is -1.33. The van der Waals surface area contributed by atoms with E-state index in [1.54, 1.807) is 4.90 Å². The van der Waals surface area contributed by atoms with Crippen LogP contribution in [0.3, 0.4) is 0 Å². The van der Waals surface area contributed by atoms with Crippen molar-refractivity contribution < 1.29 is 23.9 Å². The number of carboxylic acids is 1. The normalized spacial score (nSPS) is 26.4. The number of nitrogens with zero attached hydrogens (tertiary/aromatic N) is 3. The molecule has 1 aliphatic carbocycles. The van der Waals surface area contributed by atoms with Crippen LogP contribution in [0.5, 0.6) is 0 Å². The van der Waals surface area contributed by atoms with Gasteiger partial charge in [-0.3, -0.25) is 14.5 Å². The monoisotopic (exact) mass is 429 g/mol. The molecule has 8 heteroatoms. The maximum atomic E-state index is 14.2. The molecular formula is C23H28FN3O4. The van der Waals surface area contributed by atoms with Crippen LogP contribution in [0.25, 0.3) is 0 Å². The van der Waals surface area contributed by atoms with Crippen molar-refractivity contribution in [1.82, 2.24) is 9.80 Å². The maximum Gasteiger partial charge on any atom is 0.338 e. The van der Waals surface area contributed by atoms with E-state index in [4.69, 9.17) is 5.11 Å². The van der Waals surface area contributed by atoms with E-state index in [0.717, 1.165) is 13.1 Å². The summed E-state index contributed by atoms with van der Waals surface area (Å²) in [7, 11) is 0. The Morgan fingerprint density at radius 3 is 2.39 bits per heavy atom. The summed E-state index contributed by atoms with van der Waals surface area (Å²) < 4.78 is 14.2. The number of rotatable bonds is 4. The van der Waals surface area contributed by atoms with Gasteiger partial charge in [-0.1, -0.05) is 6.42 Å². The van der Waals surface area contributed by atoms with Crippen molar-refractivity contribution in [2.75, 3.05) is 37.6 Å². The van der Waals surface area contributed by atoms with Crippen molar-refractivity contribution in [3.05, 3.63) is 29.1 Å². The van der Waals surface area contributed by atoms with Crippen LogP contribution in [0.4, 0.5) is 10.1 Å². The van der Waals surface area contributed by atoms with Gasteiger partial charge in [0, 0.05) is 32.2 Å². The number of hydrogen-bond acceptors (Lipinski definition) is 4. The summed E-state index contributed by atoms with van der Waals surface area (Å²) >= 11 is 0. The average Bonchev–Trinajstić information content (AvgIpc) is 3.40. The second-order valence-electron chi connectivity index (χ2n) is 9.46. The molecule has 2 unspecified atom stereocenters. The molecule has 3 heterocycles. The van der Waals surface area contributed by atoms with Gasteiger partial charge in [0.1, 0.15) is 5.82 Å². The van der Waals surface area contributed by atoms with Gasteiger partial charge < -0.3 is 14.9 Å². The first-order chi connectivity index (χ1) is 14.9. The minimum Gasteiger partial charge on any atom is -0.478 e. The number of amides is 2. The molecule has 0 bridgehead atoms. The standard InChI is InChI=1S/C23H28FN3O4/c24-19-10-20-16(8-18(19)23(30)31)9-21(28)27(20)17-4-6-25(7-5-17)13-22(29)26-11-14-2-1-3-15(14)12-26/h8,10,14-15,17H,1-7,9,11-13H2,(H,30,31). The lowest BCUT2D eigenvalue weighted by molar-refractivity contribution is -0.132. The third kappa shape index (κ3) is 3.71. The molecule has 2 saturated heterocycles. The molecule has 1 aromatic carbocycles. The molecule has 3 fully saturated rings. The number of carbonyl (C=O) groups is 3. The summed E-state index contributed by atoms with van der Waals surface area (Å²) in [6.07, 6.45) is 5.33. The SMILES string of the molecule is O=C(O)c1cc2c(cc1F)N(C1CCN(CC(=O)N3CC4CCCC4C3)CC1)C(=O)C2. The number of benzene rings is 1. The van der Waals surface area contributed by atoms with Gasteiger partial charge in [0.15, 0.2) is 0 Å². The lowest BCUT2D eigenvalue weighted by Gasteiger charge is -2.37. The molecule has 1 aromatic rings. The highest BCUT2D eigenvalue weighted by molar-refractivity contribution is 6.03. The second-order valence-corrected chi connectivity index (χ2v) is 9.46. The van der Waals surface area contributed by atoms with Crippen molar-refractivity contribution in [3.63, 3.8) is 0 Å². The molecule has 4 aliphatic rings. The van der Waals surface area contributed by atoms with Crippen LogP contribution in [0.1, 0.15) is 48.0 Å². The van der Waals surface area contributed by atoms with Gasteiger partial charge in [-0.25, -0.2) is 9.18 Å². The number of likely N-dealkylation sites (tertiary alicyclic amines) is 2. The first-order valence-electron chi connectivity index (χ1n) is 11.3. The van der Waals surface area contributed by atoms with Gasteiger partial charge >= 0.3 is 5.97 Å². The molecule has 0 aromatic heterocycles. The molecule has 2 atom stereocenters. The number of carbonyl (C=O) groups excluding carboxylic acids is 2. The van der Waals surface area contributed by atoms with E-state index in [9.17, 15) is 18.8 Å². The van der Waals surface area contributed by atoms with Gasteiger partial charge in [-0.05, 0) is 55.2 Å². The summed E-state index contributed by atoms with van der Waals surface area (Å²) in [5.74, 6) is -0.667. The topological polar surface area (TPSA) is 81.2 Å². The highest BCUT2D eigenvalue weighted by atomic mass is 19.1. The molecule has 0 radical (unpaired) electrons. The fraction of sp³-hybridized carbons (Fsp3) is 0.609. The number of hydrogen-bond donors (Lipinski definition) is 1. The Morgan fingerprint density at radius 2 is 1.74 bits per heavy atom. The van der Waals surface area contributed by atoms with Crippen LogP contribution in [0.15, 0.2) is 12.1 Å². The van der Waals surface area contributed by atoms with Crippen LogP contribution in [-0.4, -0.2) is 71.5 Å².